The number of hydrogen-bond acceptors (Lipinski definition) is 5. The Labute approximate surface area is 146 Å². The highest BCUT2D eigenvalue weighted by Gasteiger charge is 2.20. The first-order chi connectivity index (χ1) is 11.9. The molecule has 0 fully saturated rings. The predicted octanol–water partition coefficient (Wildman–Crippen LogP) is 4.76. The van der Waals surface area contributed by atoms with E-state index in [0.29, 0.717) is 22.3 Å². The molecule has 130 valence electrons. The van der Waals surface area contributed by atoms with Gasteiger partial charge in [-0.2, -0.15) is 0 Å². The second kappa shape index (κ2) is 6.72. The fourth-order valence-electron chi connectivity index (χ4n) is 2.18. The van der Waals surface area contributed by atoms with Gasteiger partial charge < -0.3 is 9.73 Å². The maximum absolute atomic E-state index is 13.7. The Bertz CT molecular complexity index is 914. The molecule has 8 heteroatoms. The monoisotopic (exact) mass is 363 g/mol. The smallest absolute Gasteiger partial charge is 0.261 e. The number of carbonyl (C=O) groups is 1. The molecular formula is C17H15F2N3O2S. The van der Waals surface area contributed by atoms with Gasteiger partial charge in [-0.05, 0) is 25.1 Å². The summed E-state index contributed by atoms with van der Waals surface area (Å²) >= 11 is 1.34. The number of benzene rings is 1. The van der Waals surface area contributed by atoms with Crippen molar-refractivity contribution in [3.8, 4) is 10.8 Å². The third-order valence-corrected chi connectivity index (χ3v) is 4.54. The third-order valence-electron chi connectivity index (χ3n) is 3.50. The number of rotatable bonds is 4. The molecule has 0 saturated heterocycles. The molecule has 0 atom stereocenters. The Morgan fingerprint density at radius 3 is 2.52 bits per heavy atom. The second-order valence-electron chi connectivity index (χ2n) is 5.73. The van der Waals surface area contributed by atoms with E-state index >= 15 is 0 Å². The first-order valence-corrected chi connectivity index (χ1v) is 8.38. The lowest BCUT2D eigenvalue weighted by Gasteiger charge is -2.06. The minimum atomic E-state index is -0.913. The predicted molar refractivity (Wildman–Crippen MR) is 90.7 cm³/mol. The van der Waals surface area contributed by atoms with Crippen LogP contribution in [0, 0.1) is 18.6 Å². The van der Waals surface area contributed by atoms with Gasteiger partial charge in [-0.3, -0.25) is 4.79 Å². The quantitative estimate of drug-likeness (QED) is 0.726. The van der Waals surface area contributed by atoms with E-state index in [1.54, 1.807) is 13.0 Å². The summed E-state index contributed by atoms with van der Waals surface area (Å²) in [6, 6.07) is 4.93. The molecule has 0 radical (unpaired) electrons. The number of hydrogen-bond donors (Lipinski definition) is 1. The molecule has 1 N–H and O–H groups in total. The summed E-state index contributed by atoms with van der Waals surface area (Å²) in [4.78, 5) is 13.6. The first-order valence-electron chi connectivity index (χ1n) is 7.56. The zero-order valence-corrected chi connectivity index (χ0v) is 14.6. The van der Waals surface area contributed by atoms with Crippen LogP contribution in [0.2, 0.25) is 0 Å². The van der Waals surface area contributed by atoms with Crippen molar-refractivity contribution < 1.29 is 18.0 Å². The molecule has 0 bridgehead atoms. The number of anilines is 1. The summed E-state index contributed by atoms with van der Waals surface area (Å²) < 4.78 is 33.0. The SMILES string of the molecule is Cc1sc(-c2nnc(C(C)C)o2)cc1NC(=O)c1c(F)cccc1F. The Kier molecular flexibility index (Phi) is 4.63. The second-order valence-corrected chi connectivity index (χ2v) is 6.99. The van der Waals surface area contributed by atoms with Gasteiger partial charge in [0.25, 0.3) is 11.8 Å². The molecule has 1 amide bonds. The Balaban J connectivity index is 1.86. The van der Waals surface area contributed by atoms with E-state index in [1.807, 2.05) is 13.8 Å². The van der Waals surface area contributed by atoms with Gasteiger partial charge in [-0.25, -0.2) is 8.78 Å². The van der Waals surface area contributed by atoms with Crippen molar-refractivity contribution in [1.82, 2.24) is 10.2 Å². The standard InChI is InChI=1S/C17H15F2N3O2S/c1-8(2)16-21-22-17(24-16)13-7-12(9(3)25-13)20-15(23)14-10(18)5-4-6-11(14)19/h4-8H,1-3H3,(H,20,23). The van der Waals surface area contributed by atoms with Gasteiger partial charge in [0.15, 0.2) is 0 Å². The number of halogens is 2. The van der Waals surface area contributed by atoms with E-state index in [9.17, 15) is 13.6 Å². The highest BCUT2D eigenvalue weighted by molar-refractivity contribution is 7.15. The number of nitrogens with one attached hydrogen (secondary N) is 1. The molecule has 2 aromatic heterocycles. The molecular weight excluding hydrogens is 348 g/mol. The molecule has 3 rings (SSSR count). The van der Waals surface area contributed by atoms with E-state index in [-0.39, 0.29) is 5.92 Å². The van der Waals surface area contributed by atoms with Crippen LogP contribution in [-0.2, 0) is 0 Å². The van der Waals surface area contributed by atoms with Gasteiger partial charge in [0, 0.05) is 10.8 Å². The summed E-state index contributed by atoms with van der Waals surface area (Å²) in [5.41, 5.74) is -0.175. The number of nitrogens with zero attached hydrogens (tertiary/aromatic N) is 2. The maximum Gasteiger partial charge on any atom is 0.261 e. The van der Waals surface area contributed by atoms with Crippen molar-refractivity contribution in [3.05, 3.63) is 52.2 Å². The lowest BCUT2D eigenvalue weighted by molar-refractivity contribution is 0.101. The van der Waals surface area contributed by atoms with Crippen molar-refractivity contribution in [2.24, 2.45) is 0 Å². The Morgan fingerprint density at radius 1 is 1.24 bits per heavy atom. The van der Waals surface area contributed by atoms with E-state index in [0.717, 1.165) is 17.0 Å². The van der Waals surface area contributed by atoms with Gasteiger partial charge in [0.1, 0.15) is 17.2 Å². The van der Waals surface area contributed by atoms with Crippen LogP contribution in [0.1, 0.15) is 40.9 Å². The molecule has 0 aliphatic carbocycles. The molecule has 0 aliphatic heterocycles. The normalized spacial score (nSPS) is 11.1. The van der Waals surface area contributed by atoms with Crippen LogP contribution < -0.4 is 5.32 Å². The molecule has 0 saturated carbocycles. The largest absolute Gasteiger partial charge is 0.420 e. The minimum Gasteiger partial charge on any atom is -0.420 e. The van der Waals surface area contributed by atoms with Crippen LogP contribution in [0.3, 0.4) is 0 Å². The fourth-order valence-corrected chi connectivity index (χ4v) is 3.07. The summed E-state index contributed by atoms with van der Waals surface area (Å²) in [5, 5.41) is 10.5. The number of thiophene rings is 1. The molecule has 3 aromatic rings. The molecule has 25 heavy (non-hydrogen) atoms. The summed E-state index contributed by atoms with van der Waals surface area (Å²) in [5.74, 6) is -1.72. The van der Waals surface area contributed by atoms with Crippen LogP contribution >= 0.6 is 11.3 Å². The Morgan fingerprint density at radius 2 is 1.92 bits per heavy atom. The van der Waals surface area contributed by atoms with Crippen LogP contribution in [0.15, 0.2) is 28.7 Å². The number of amides is 1. The summed E-state index contributed by atoms with van der Waals surface area (Å²) in [6.07, 6.45) is 0. The molecule has 5 nitrogen and oxygen atoms in total. The van der Waals surface area contributed by atoms with Gasteiger partial charge in [-0.15, -0.1) is 21.5 Å². The van der Waals surface area contributed by atoms with E-state index in [4.69, 9.17) is 4.42 Å². The van der Waals surface area contributed by atoms with Gasteiger partial charge in [0.05, 0.1) is 10.6 Å². The summed E-state index contributed by atoms with van der Waals surface area (Å²) in [7, 11) is 0. The van der Waals surface area contributed by atoms with E-state index < -0.39 is 23.1 Å². The molecule has 1 aromatic carbocycles. The number of carbonyl (C=O) groups excluding carboxylic acids is 1. The van der Waals surface area contributed by atoms with Crippen LogP contribution in [0.25, 0.3) is 10.8 Å². The maximum atomic E-state index is 13.7. The Hall–Kier alpha value is -2.61. The van der Waals surface area contributed by atoms with E-state index in [2.05, 4.69) is 15.5 Å². The van der Waals surface area contributed by atoms with Crippen molar-refractivity contribution in [2.75, 3.05) is 5.32 Å². The minimum absolute atomic E-state index is 0.102. The van der Waals surface area contributed by atoms with Crippen molar-refractivity contribution in [2.45, 2.75) is 26.7 Å². The summed E-state index contributed by atoms with van der Waals surface area (Å²) in [6.45, 7) is 5.65. The lowest BCUT2D eigenvalue weighted by atomic mass is 10.2. The third kappa shape index (κ3) is 3.43. The lowest BCUT2D eigenvalue weighted by Crippen LogP contribution is -2.15. The number of aromatic nitrogens is 2. The zero-order valence-electron chi connectivity index (χ0n) is 13.8. The zero-order chi connectivity index (χ0) is 18.1. The number of aryl methyl sites for hydroxylation is 1. The van der Waals surface area contributed by atoms with Crippen LogP contribution in [-0.4, -0.2) is 16.1 Å². The van der Waals surface area contributed by atoms with Crippen LogP contribution in [0.5, 0.6) is 0 Å². The van der Waals surface area contributed by atoms with Crippen LogP contribution in [0.4, 0.5) is 14.5 Å². The molecule has 0 spiro atoms. The topological polar surface area (TPSA) is 68.0 Å². The molecule has 0 aliphatic rings. The highest BCUT2D eigenvalue weighted by Crippen LogP contribution is 2.34. The average molecular weight is 363 g/mol. The molecule has 0 unspecified atom stereocenters. The van der Waals surface area contributed by atoms with Crippen molar-refractivity contribution in [1.29, 1.82) is 0 Å². The van der Waals surface area contributed by atoms with Crippen molar-refractivity contribution in [3.63, 3.8) is 0 Å². The van der Waals surface area contributed by atoms with Gasteiger partial charge in [0.2, 0.25) is 5.89 Å². The van der Waals surface area contributed by atoms with Gasteiger partial charge in [-0.1, -0.05) is 19.9 Å². The first kappa shape index (κ1) is 17.2. The van der Waals surface area contributed by atoms with Gasteiger partial charge >= 0.3 is 0 Å². The van der Waals surface area contributed by atoms with E-state index in [1.165, 1.54) is 17.4 Å². The highest BCUT2D eigenvalue weighted by atomic mass is 32.1. The average Bonchev–Trinajstić information content (AvgIpc) is 3.15. The van der Waals surface area contributed by atoms with Crippen molar-refractivity contribution >= 4 is 22.9 Å². The molecule has 2 heterocycles. The fraction of sp³-hybridized carbons (Fsp3) is 0.235.